The van der Waals surface area contributed by atoms with Gasteiger partial charge in [0.25, 0.3) is 0 Å². The van der Waals surface area contributed by atoms with Crippen LogP contribution in [0.1, 0.15) is 40.8 Å². The number of carbonyl (C=O) groups is 2. The second kappa shape index (κ2) is 10.6. The predicted octanol–water partition coefficient (Wildman–Crippen LogP) is 3.68. The van der Waals surface area contributed by atoms with E-state index < -0.39 is 5.41 Å². The van der Waals surface area contributed by atoms with Gasteiger partial charge in [0.1, 0.15) is 0 Å². The number of nitriles is 1. The smallest absolute Gasteiger partial charge is 0.312 e. The molecule has 0 spiro atoms. The van der Waals surface area contributed by atoms with Crippen LogP contribution < -0.4 is 0 Å². The molecule has 0 unspecified atom stereocenters. The fourth-order valence-corrected chi connectivity index (χ4v) is 4.74. The van der Waals surface area contributed by atoms with E-state index in [1.165, 1.54) is 12.7 Å². The summed E-state index contributed by atoms with van der Waals surface area (Å²) in [5, 5.41) is 8.98. The number of amides is 1. The first-order valence-corrected chi connectivity index (χ1v) is 11.8. The first kappa shape index (κ1) is 24.2. The number of methoxy groups -OCH3 is 1. The number of rotatable bonds is 7. The molecule has 1 aliphatic rings. The number of carbonyl (C=O) groups excluding carboxylic acids is 2. The van der Waals surface area contributed by atoms with Crippen molar-refractivity contribution in [2.45, 2.75) is 39.2 Å². The number of piperidine rings is 1. The third-order valence-corrected chi connectivity index (χ3v) is 6.92. The van der Waals surface area contributed by atoms with E-state index >= 15 is 0 Å². The van der Waals surface area contributed by atoms with Gasteiger partial charge in [0.05, 0.1) is 36.9 Å². The van der Waals surface area contributed by atoms with E-state index in [9.17, 15) is 9.59 Å². The lowest BCUT2D eigenvalue weighted by Crippen LogP contribution is -2.48. The maximum atomic E-state index is 13.1. The zero-order valence-electron chi connectivity index (χ0n) is 20.2. The summed E-state index contributed by atoms with van der Waals surface area (Å²) >= 11 is 0. The van der Waals surface area contributed by atoms with Crippen LogP contribution in [-0.2, 0) is 33.7 Å². The second-order valence-corrected chi connectivity index (χ2v) is 9.31. The number of hydrogen-bond donors (Lipinski definition) is 0. The topological polar surface area (TPSA) is 88.2 Å². The summed E-state index contributed by atoms with van der Waals surface area (Å²) < 4.78 is 7.14. The van der Waals surface area contributed by atoms with Gasteiger partial charge in [0, 0.05) is 31.5 Å². The van der Waals surface area contributed by atoms with Crippen LogP contribution in [0.15, 0.2) is 61.1 Å². The summed E-state index contributed by atoms with van der Waals surface area (Å²) in [7, 11) is 1.44. The highest BCUT2D eigenvalue weighted by atomic mass is 16.5. The Morgan fingerprint density at radius 2 is 1.71 bits per heavy atom. The zero-order valence-corrected chi connectivity index (χ0v) is 20.2. The van der Waals surface area contributed by atoms with Crippen molar-refractivity contribution in [3.05, 3.63) is 89.0 Å². The molecular formula is C28H30N4O3. The Morgan fingerprint density at radius 3 is 2.34 bits per heavy atom. The first-order valence-electron chi connectivity index (χ1n) is 11.8. The highest BCUT2D eigenvalue weighted by molar-refractivity contribution is 5.80. The fourth-order valence-electron chi connectivity index (χ4n) is 4.74. The van der Waals surface area contributed by atoms with Gasteiger partial charge in [0.2, 0.25) is 5.91 Å². The van der Waals surface area contributed by atoms with E-state index in [1.807, 2.05) is 28.5 Å². The number of likely N-dealkylation sites (tertiary alicyclic amines) is 1. The number of esters is 1. The zero-order chi connectivity index (χ0) is 24.8. The molecule has 0 N–H and O–H groups in total. The quantitative estimate of drug-likeness (QED) is 0.492. The Balaban J connectivity index is 1.39. The van der Waals surface area contributed by atoms with Gasteiger partial charge < -0.3 is 14.2 Å². The number of benzene rings is 2. The van der Waals surface area contributed by atoms with Crippen molar-refractivity contribution >= 4 is 11.9 Å². The minimum Gasteiger partial charge on any atom is -0.469 e. The number of imidazole rings is 1. The van der Waals surface area contributed by atoms with Gasteiger partial charge in [-0.1, -0.05) is 42.0 Å². The minimum absolute atomic E-state index is 0.0281. The van der Waals surface area contributed by atoms with E-state index in [4.69, 9.17) is 10.00 Å². The molecule has 0 radical (unpaired) electrons. The van der Waals surface area contributed by atoms with Crippen LogP contribution >= 0.6 is 0 Å². The van der Waals surface area contributed by atoms with Crippen LogP contribution in [0.5, 0.6) is 0 Å². The summed E-state index contributed by atoms with van der Waals surface area (Å²) in [5.74, 6) is -0.175. The first-order chi connectivity index (χ1) is 16.9. The second-order valence-electron chi connectivity index (χ2n) is 9.31. The molecule has 1 amide bonds. The third-order valence-electron chi connectivity index (χ3n) is 6.92. The molecule has 2 aromatic carbocycles. The average Bonchev–Trinajstić information content (AvgIpc) is 3.31. The van der Waals surface area contributed by atoms with Gasteiger partial charge in [-0.25, -0.2) is 4.98 Å². The van der Waals surface area contributed by atoms with Gasteiger partial charge in [-0.2, -0.15) is 5.26 Å². The molecule has 180 valence electrons. The van der Waals surface area contributed by atoms with Gasteiger partial charge in [-0.3, -0.25) is 9.59 Å². The lowest BCUT2D eigenvalue weighted by atomic mass is 9.73. The molecule has 1 aromatic heterocycles. The van der Waals surface area contributed by atoms with Crippen LogP contribution in [0.25, 0.3) is 0 Å². The van der Waals surface area contributed by atoms with Crippen LogP contribution in [0.2, 0.25) is 0 Å². The number of hydrogen-bond acceptors (Lipinski definition) is 5. The number of ether oxygens (including phenoxy) is 1. The van der Waals surface area contributed by atoms with E-state index in [2.05, 4.69) is 35.3 Å². The third kappa shape index (κ3) is 5.60. The fraction of sp³-hybridized carbons (Fsp3) is 0.357. The predicted molar refractivity (Wildman–Crippen MR) is 131 cm³/mol. The molecule has 3 aromatic rings. The van der Waals surface area contributed by atoms with Crippen molar-refractivity contribution in [3.8, 4) is 6.07 Å². The van der Waals surface area contributed by atoms with E-state index in [0.717, 1.165) is 16.8 Å². The molecule has 0 saturated carbocycles. The average molecular weight is 471 g/mol. The van der Waals surface area contributed by atoms with Crippen molar-refractivity contribution in [1.82, 2.24) is 14.5 Å². The molecule has 2 heterocycles. The highest BCUT2D eigenvalue weighted by Gasteiger charge is 2.43. The Kier molecular flexibility index (Phi) is 7.31. The molecule has 1 saturated heterocycles. The monoisotopic (exact) mass is 470 g/mol. The van der Waals surface area contributed by atoms with Gasteiger partial charge >= 0.3 is 5.97 Å². The Bertz CT molecular complexity index is 1210. The summed E-state index contributed by atoms with van der Waals surface area (Å²) in [6.07, 6.45) is 5.45. The number of nitrogens with zero attached hydrogens (tertiary/aromatic N) is 4. The van der Waals surface area contributed by atoms with Gasteiger partial charge in [0.15, 0.2) is 0 Å². The SMILES string of the molecule is COC(=O)C1(Cc2ccc(C)cc2)CCN(C(=O)Cc2cncn2Cc2ccc(C#N)cc2)CC1. The summed E-state index contributed by atoms with van der Waals surface area (Å²) in [6.45, 7) is 3.66. The van der Waals surface area contributed by atoms with Crippen LogP contribution in [-0.4, -0.2) is 46.5 Å². The molecule has 0 atom stereocenters. The molecular weight excluding hydrogens is 440 g/mol. The molecule has 4 rings (SSSR count). The van der Waals surface area contributed by atoms with Crippen molar-refractivity contribution < 1.29 is 14.3 Å². The molecule has 7 heteroatoms. The summed E-state index contributed by atoms with van der Waals surface area (Å²) in [4.78, 5) is 32.0. The molecule has 35 heavy (non-hydrogen) atoms. The normalized spacial score (nSPS) is 14.8. The standard InChI is InChI=1S/C28H30N4O3/c1-21-3-5-22(6-4-21)16-28(27(34)35-2)11-13-31(14-12-28)26(33)15-25-18-30-20-32(25)19-24-9-7-23(17-29)8-10-24/h3-10,18,20H,11-16,19H2,1-2H3. The molecule has 1 aliphatic heterocycles. The minimum atomic E-state index is -0.613. The van der Waals surface area contributed by atoms with E-state index in [1.54, 1.807) is 24.7 Å². The highest BCUT2D eigenvalue weighted by Crippen LogP contribution is 2.37. The Morgan fingerprint density at radius 1 is 1.06 bits per heavy atom. The van der Waals surface area contributed by atoms with E-state index in [-0.39, 0.29) is 18.3 Å². The van der Waals surface area contributed by atoms with Crippen molar-refractivity contribution in [3.63, 3.8) is 0 Å². The molecule has 0 aliphatic carbocycles. The largest absolute Gasteiger partial charge is 0.469 e. The number of aryl methyl sites for hydroxylation is 1. The number of aromatic nitrogens is 2. The molecule has 1 fully saturated rings. The molecule has 0 bridgehead atoms. The summed E-state index contributed by atoms with van der Waals surface area (Å²) in [6, 6.07) is 17.8. The van der Waals surface area contributed by atoms with E-state index in [0.29, 0.717) is 44.5 Å². The lowest BCUT2D eigenvalue weighted by Gasteiger charge is -2.40. The summed E-state index contributed by atoms with van der Waals surface area (Å²) in [5.41, 5.74) is 4.16. The van der Waals surface area contributed by atoms with Crippen molar-refractivity contribution in [2.24, 2.45) is 5.41 Å². The maximum Gasteiger partial charge on any atom is 0.312 e. The Labute approximate surface area is 206 Å². The van der Waals surface area contributed by atoms with Crippen LogP contribution in [0.4, 0.5) is 0 Å². The van der Waals surface area contributed by atoms with Crippen molar-refractivity contribution in [2.75, 3.05) is 20.2 Å². The van der Waals surface area contributed by atoms with Crippen LogP contribution in [0.3, 0.4) is 0 Å². The van der Waals surface area contributed by atoms with Crippen LogP contribution in [0, 0.1) is 23.7 Å². The molecule has 7 nitrogen and oxygen atoms in total. The Hall–Kier alpha value is -3.92. The maximum absolute atomic E-state index is 13.1. The lowest BCUT2D eigenvalue weighted by molar-refractivity contribution is -0.157. The van der Waals surface area contributed by atoms with Crippen molar-refractivity contribution in [1.29, 1.82) is 5.26 Å². The van der Waals surface area contributed by atoms with Gasteiger partial charge in [-0.15, -0.1) is 0 Å². The van der Waals surface area contributed by atoms with Gasteiger partial charge in [-0.05, 0) is 49.4 Å².